The molecule has 2 N–H and O–H groups in total. The summed E-state index contributed by atoms with van der Waals surface area (Å²) in [5, 5.41) is 0. The van der Waals surface area contributed by atoms with E-state index in [4.69, 9.17) is 5.73 Å². The second-order valence-electron chi connectivity index (χ2n) is 4.77. The molecule has 0 atom stereocenters. The number of anilines is 1. The number of benzene rings is 1. The molecule has 0 unspecified atom stereocenters. The van der Waals surface area contributed by atoms with E-state index in [0.29, 0.717) is 6.54 Å². The van der Waals surface area contributed by atoms with Gasteiger partial charge in [0, 0.05) is 29.3 Å². The van der Waals surface area contributed by atoms with Crippen LogP contribution in [0.1, 0.15) is 11.4 Å². The molecule has 4 heteroatoms. The quantitative estimate of drug-likeness (QED) is 0.740. The van der Waals surface area contributed by atoms with Crippen molar-refractivity contribution in [3.8, 4) is 11.4 Å². The minimum Gasteiger partial charge on any atom is -0.399 e. The lowest BCUT2D eigenvalue weighted by Gasteiger charge is -2.08. The van der Waals surface area contributed by atoms with Crippen molar-refractivity contribution in [2.45, 2.75) is 13.5 Å². The third-order valence-electron chi connectivity index (χ3n) is 3.16. The normalized spacial score (nSPS) is 10.7. The van der Waals surface area contributed by atoms with Gasteiger partial charge >= 0.3 is 0 Å². The second-order valence-corrected chi connectivity index (χ2v) is 4.77. The molecular formula is C16H16N4. The Balaban J connectivity index is 1.92. The van der Waals surface area contributed by atoms with Gasteiger partial charge in [-0.15, -0.1) is 0 Å². The number of aryl methyl sites for hydroxylation is 1. The predicted molar refractivity (Wildman–Crippen MR) is 80.2 cm³/mol. The van der Waals surface area contributed by atoms with Gasteiger partial charge in [0.05, 0.1) is 12.2 Å². The molecule has 0 spiro atoms. The van der Waals surface area contributed by atoms with Crippen LogP contribution in [-0.4, -0.2) is 14.5 Å². The van der Waals surface area contributed by atoms with Crippen LogP contribution in [0.5, 0.6) is 0 Å². The number of hydrogen-bond acceptors (Lipinski definition) is 3. The molecule has 0 saturated carbocycles. The maximum atomic E-state index is 5.72. The van der Waals surface area contributed by atoms with Crippen LogP contribution >= 0.6 is 0 Å². The fourth-order valence-corrected chi connectivity index (χ4v) is 2.19. The molecule has 20 heavy (non-hydrogen) atoms. The SMILES string of the molecule is Cc1cccc(Cn2ccnc2-c2ccc(N)cc2)n1. The fraction of sp³-hybridized carbons (Fsp3) is 0.125. The van der Waals surface area contributed by atoms with Crippen molar-refractivity contribution in [1.82, 2.24) is 14.5 Å². The smallest absolute Gasteiger partial charge is 0.140 e. The topological polar surface area (TPSA) is 56.7 Å². The van der Waals surface area contributed by atoms with Gasteiger partial charge in [-0.25, -0.2) is 4.98 Å². The molecule has 0 bridgehead atoms. The van der Waals surface area contributed by atoms with E-state index < -0.39 is 0 Å². The number of aromatic nitrogens is 3. The number of hydrogen-bond donors (Lipinski definition) is 1. The monoisotopic (exact) mass is 264 g/mol. The zero-order valence-electron chi connectivity index (χ0n) is 11.3. The molecule has 1 aromatic carbocycles. The van der Waals surface area contributed by atoms with Gasteiger partial charge in [0.1, 0.15) is 5.82 Å². The fourth-order valence-electron chi connectivity index (χ4n) is 2.19. The molecule has 3 rings (SSSR count). The van der Waals surface area contributed by atoms with Crippen LogP contribution in [0, 0.1) is 6.92 Å². The average Bonchev–Trinajstić information content (AvgIpc) is 2.88. The lowest BCUT2D eigenvalue weighted by molar-refractivity contribution is 0.778. The van der Waals surface area contributed by atoms with Crippen LogP contribution in [0.2, 0.25) is 0 Å². The van der Waals surface area contributed by atoms with E-state index >= 15 is 0 Å². The summed E-state index contributed by atoms with van der Waals surface area (Å²) < 4.78 is 2.09. The Morgan fingerprint density at radius 3 is 2.65 bits per heavy atom. The average molecular weight is 264 g/mol. The third kappa shape index (κ3) is 2.54. The van der Waals surface area contributed by atoms with Crippen LogP contribution in [0.25, 0.3) is 11.4 Å². The van der Waals surface area contributed by atoms with Gasteiger partial charge in [-0.3, -0.25) is 4.98 Å². The summed E-state index contributed by atoms with van der Waals surface area (Å²) in [6.45, 7) is 2.71. The number of nitrogen functional groups attached to an aromatic ring is 1. The maximum Gasteiger partial charge on any atom is 0.140 e. The minimum atomic E-state index is 0.710. The van der Waals surface area contributed by atoms with Crippen molar-refractivity contribution < 1.29 is 0 Å². The first-order valence-electron chi connectivity index (χ1n) is 6.52. The molecule has 0 radical (unpaired) electrons. The van der Waals surface area contributed by atoms with E-state index in [9.17, 15) is 0 Å². The van der Waals surface area contributed by atoms with Gasteiger partial charge in [-0.05, 0) is 43.3 Å². The van der Waals surface area contributed by atoms with Crippen molar-refractivity contribution in [3.63, 3.8) is 0 Å². The molecule has 0 amide bonds. The van der Waals surface area contributed by atoms with E-state index in [-0.39, 0.29) is 0 Å². The zero-order valence-corrected chi connectivity index (χ0v) is 11.3. The summed E-state index contributed by atoms with van der Waals surface area (Å²) in [6.07, 6.45) is 3.77. The Morgan fingerprint density at radius 2 is 1.90 bits per heavy atom. The summed E-state index contributed by atoms with van der Waals surface area (Å²) in [5.41, 5.74) is 9.58. The molecular weight excluding hydrogens is 248 g/mol. The molecule has 0 aliphatic heterocycles. The van der Waals surface area contributed by atoms with Crippen LogP contribution < -0.4 is 5.73 Å². The standard InChI is InChI=1S/C16H16N4/c1-12-3-2-4-15(19-12)11-20-10-9-18-16(20)13-5-7-14(17)8-6-13/h2-10H,11,17H2,1H3. The Morgan fingerprint density at radius 1 is 1.10 bits per heavy atom. The highest BCUT2D eigenvalue weighted by molar-refractivity contribution is 5.59. The van der Waals surface area contributed by atoms with Crippen molar-refractivity contribution >= 4 is 5.69 Å². The molecule has 0 saturated heterocycles. The lowest BCUT2D eigenvalue weighted by Crippen LogP contribution is -2.03. The Kier molecular flexibility index (Phi) is 3.21. The van der Waals surface area contributed by atoms with E-state index in [0.717, 1.165) is 28.5 Å². The molecule has 0 aliphatic carbocycles. The lowest BCUT2D eigenvalue weighted by atomic mass is 10.2. The van der Waals surface area contributed by atoms with Gasteiger partial charge in [0.15, 0.2) is 0 Å². The summed E-state index contributed by atoms with van der Waals surface area (Å²) in [4.78, 5) is 8.96. The predicted octanol–water partition coefficient (Wildman–Crippen LogP) is 2.88. The van der Waals surface area contributed by atoms with Crippen LogP contribution in [0.4, 0.5) is 5.69 Å². The molecule has 0 fully saturated rings. The molecule has 2 aromatic heterocycles. The van der Waals surface area contributed by atoms with Crippen LogP contribution in [0.15, 0.2) is 54.9 Å². The minimum absolute atomic E-state index is 0.710. The number of imidazole rings is 1. The van der Waals surface area contributed by atoms with Crippen molar-refractivity contribution in [2.24, 2.45) is 0 Å². The summed E-state index contributed by atoms with van der Waals surface area (Å²) in [6, 6.07) is 13.8. The van der Waals surface area contributed by atoms with Gasteiger partial charge in [-0.2, -0.15) is 0 Å². The Labute approximate surface area is 117 Å². The zero-order chi connectivity index (χ0) is 13.9. The Bertz CT molecular complexity index is 713. The summed E-state index contributed by atoms with van der Waals surface area (Å²) >= 11 is 0. The first-order valence-corrected chi connectivity index (χ1v) is 6.52. The summed E-state index contributed by atoms with van der Waals surface area (Å²) in [5.74, 6) is 0.924. The molecule has 3 aromatic rings. The van der Waals surface area contributed by atoms with Crippen molar-refractivity contribution in [3.05, 3.63) is 66.2 Å². The van der Waals surface area contributed by atoms with E-state index in [1.165, 1.54) is 0 Å². The van der Waals surface area contributed by atoms with E-state index in [1.54, 1.807) is 0 Å². The molecule has 2 heterocycles. The maximum absolute atomic E-state index is 5.72. The van der Waals surface area contributed by atoms with Crippen LogP contribution in [0.3, 0.4) is 0 Å². The largest absolute Gasteiger partial charge is 0.399 e. The van der Waals surface area contributed by atoms with E-state index in [2.05, 4.69) is 14.5 Å². The first-order chi connectivity index (χ1) is 9.72. The van der Waals surface area contributed by atoms with Gasteiger partial charge in [0.25, 0.3) is 0 Å². The molecule has 0 aliphatic rings. The van der Waals surface area contributed by atoms with E-state index in [1.807, 2.05) is 61.8 Å². The van der Waals surface area contributed by atoms with Gasteiger partial charge < -0.3 is 10.3 Å². The highest BCUT2D eigenvalue weighted by Crippen LogP contribution is 2.19. The number of pyridine rings is 1. The molecule has 100 valence electrons. The van der Waals surface area contributed by atoms with Crippen LogP contribution in [-0.2, 0) is 6.54 Å². The summed E-state index contributed by atoms with van der Waals surface area (Å²) in [7, 11) is 0. The van der Waals surface area contributed by atoms with Crippen molar-refractivity contribution in [2.75, 3.05) is 5.73 Å². The third-order valence-corrected chi connectivity index (χ3v) is 3.16. The van der Waals surface area contributed by atoms with Gasteiger partial charge in [-0.1, -0.05) is 6.07 Å². The highest BCUT2D eigenvalue weighted by Gasteiger charge is 2.07. The molecule has 4 nitrogen and oxygen atoms in total. The number of rotatable bonds is 3. The first kappa shape index (κ1) is 12.4. The second kappa shape index (κ2) is 5.17. The number of nitrogens with zero attached hydrogens (tertiary/aromatic N) is 3. The highest BCUT2D eigenvalue weighted by atomic mass is 15.1. The number of nitrogens with two attached hydrogens (primary N) is 1. The van der Waals surface area contributed by atoms with Crippen molar-refractivity contribution in [1.29, 1.82) is 0 Å². The Hall–Kier alpha value is -2.62. The van der Waals surface area contributed by atoms with Gasteiger partial charge in [0.2, 0.25) is 0 Å².